The number of carbonyl (C=O) groups excluding carboxylic acids is 3. The highest BCUT2D eigenvalue weighted by Crippen LogP contribution is 2.32. The number of phenolic OH excluding ortho intramolecular Hbond substituents is 1. The average Bonchev–Trinajstić information content (AvgIpc) is 2.85. The largest absolute Gasteiger partial charge is 0.508 e. The van der Waals surface area contributed by atoms with Gasteiger partial charge in [-0.2, -0.15) is 0 Å². The van der Waals surface area contributed by atoms with Crippen molar-refractivity contribution in [3.63, 3.8) is 0 Å². The van der Waals surface area contributed by atoms with Crippen molar-refractivity contribution in [2.45, 2.75) is 0 Å². The minimum atomic E-state index is -0.508. The van der Waals surface area contributed by atoms with Gasteiger partial charge in [0.1, 0.15) is 12.3 Å². The van der Waals surface area contributed by atoms with Crippen LogP contribution in [-0.4, -0.2) is 33.6 Å². The van der Waals surface area contributed by atoms with Crippen LogP contribution in [0, 0.1) is 0 Å². The minimum absolute atomic E-state index is 0.114. The number of hydrogen-bond donors (Lipinski definition) is 2. The van der Waals surface area contributed by atoms with E-state index in [2.05, 4.69) is 5.32 Å². The van der Waals surface area contributed by atoms with E-state index in [1.807, 2.05) is 6.07 Å². The molecular weight excluding hydrogens is 340 g/mol. The summed E-state index contributed by atoms with van der Waals surface area (Å²) in [6, 6.07) is 15.0. The summed E-state index contributed by atoms with van der Waals surface area (Å²) in [5.41, 5.74) is 1.27. The van der Waals surface area contributed by atoms with Gasteiger partial charge >= 0.3 is 0 Å². The Labute approximate surface area is 148 Å². The predicted octanol–water partition coefficient (Wildman–Crippen LogP) is 3.07. The molecule has 0 radical (unpaired) electrons. The molecule has 0 aliphatic carbocycles. The van der Waals surface area contributed by atoms with Gasteiger partial charge in [0.2, 0.25) is 5.91 Å². The fourth-order valence-electron chi connectivity index (χ4n) is 2.22. The molecule has 3 amide bonds. The lowest BCUT2D eigenvalue weighted by atomic mass is 10.2. The Kier molecular flexibility index (Phi) is 4.85. The molecule has 0 spiro atoms. The number of phenols is 1. The highest BCUT2D eigenvalue weighted by atomic mass is 32.2. The maximum absolute atomic E-state index is 12.4. The maximum Gasteiger partial charge on any atom is 0.294 e. The fraction of sp³-hybridized carbons (Fsp3) is 0.0556. The van der Waals surface area contributed by atoms with E-state index in [0.717, 1.165) is 16.7 Å². The molecule has 0 unspecified atom stereocenters. The predicted molar refractivity (Wildman–Crippen MR) is 95.9 cm³/mol. The highest BCUT2D eigenvalue weighted by molar-refractivity contribution is 8.18. The number of rotatable bonds is 4. The summed E-state index contributed by atoms with van der Waals surface area (Å²) in [4.78, 5) is 37.6. The molecular formula is C18H14N2O4S. The van der Waals surface area contributed by atoms with Crippen molar-refractivity contribution < 1.29 is 19.5 Å². The zero-order chi connectivity index (χ0) is 17.8. The van der Waals surface area contributed by atoms with E-state index in [4.69, 9.17) is 0 Å². The van der Waals surface area contributed by atoms with Crippen LogP contribution < -0.4 is 5.32 Å². The Balaban J connectivity index is 1.69. The van der Waals surface area contributed by atoms with E-state index in [0.29, 0.717) is 11.3 Å². The van der Waals surface area contributed by atoms with Gasteiger partial charge < -0.3 is 10.4 Å². The van der Waals surface area contributed by atoms with Crippen LogP contribution in [0.1, 0.15) is 5.56 Å². The summed E-state index contributed by atoms with van der Waals surface area (Å²) in [5, 5.41) is 11.4. The number of thioether (sulfide) groups is 1. The van der Waals surface area contributed by atoms with Crippen molar-refractivity contribution in [3.05, 3.63) is 65.1 Å². The van der Waals surface area contributed by atoms with Crippen molar-refractivity contribution in [3.8, 4) is 5.75 Å². The Bertz CT molecular complexity index is 847. The molecule has 126 valence electrons. The van der Waals surface area contributed by atoms with Gasteiger partial charge in [-0.1, -0.05) is 30.3 Å². The zero-order valence-electron chi connectivity index (χ0n) is 13.0. The number of para-hydroxylation sites is 1. The number of amides is 3. The van der Waals surface area contributed by atoms with Crippen LogP contribution in [0.3, 0.4) is 0 Å². The van der Waals surface area contributed by atoms with Crippen LogP contribution in [0.4, 0.5) is 10.5 Å². The summed E-state index contributed by atoms with van der Waals surface area (Å²) >= 11 is 0.785. The van der Waals surface area contributed by atoms with Gasteiger partial charge in [-0.25, -0.2) is 0 Å². The number of aromatic hydroxyl groups is 1. The lowest BCUT2D eigenvalue weighted by Gasteiger charge is -2.12. The average molecular weight is 354 g/mol. The molecule has 1 saturated heterocycles. The van der Waals surface area contributed by atoms with Crippen LogP contribution >= 0.6 is 11.8 Å². The zero-order valence-corrected chi connectivity index (χ0v) is 13.8. The molecule has 7 heteroatoms. The number of benzene rings is 2. The molecule has 0 bridgehead atoms. The maximum atomic E-state index is 12.4. The third kappa shape index (κ3) is 4.07. The van der Waals surface area contributed by atoms with Crippen LogP contribution in [0.2, 0.25) is 0 Å². The van der Waals surface area contributed by atoms with Gasteiger partial charge in [0.15, 0.2) is 0 Å². The molecule has 1 aliphatic rings. The first-order valence-electron chi connectivity index (χ1n) is 7.42. The molecule has 1 fully saturated rings. The third-order valence-electron chi connectivity index (χ3n) is 3.42. The highest BCUT2D eigenvalue weighted by Gasteiger charge is 2.36. The first kappa shape index (κ1) is 16.8. The van der Waals surface area contributed by atoms with Crippen molar-refractivity contribution in [2.24, 2.45) is 0 Å². The van der Waals surface area contributed by atoms with Crippen LogP contribution in [0.25, 0.3) is 6.08 Å². The van der Waals surface area contributed by atoms with E-state index in [1.54, 1.807) is 42.5 Å². The van der Waals surface area contributed by atoms with Crippen LogP contribution in [0.5, 0.6) is 5.75 Å². The fourth-order valence-corrected chi connectivity index (χ4v) is 3.06. The molecule has 0 aromatic heterocycles. The quantitative estimate of drug-likeness (QED) is 0.824. The van der Waals surface area contributed by atoms with Gasteiger partial charge in [0.05, 0.1) is 4.91 Å². The molecule has 0 atom stereocenters. The lowest BCUT2D eigenvalue weighted by Crippen LogP contribution is -2.36. The Morgan fingerprint density at radius 1 is 1.08 bits per heavy atom. The smallest absolute Gasteiger partial charge is 0.294 e. The van der Waals surface area contributed by atoms with Crippen molar-refractivity contribution >= 4 is 40.6 Å². The summed E-state index contributed by atoms with van der Waals surface area (Å²) in [6.07, 6.45) is 1.56. The van der Waals surface area contributed by atoms with E-state index in [9.17, 15) is 19.5 Å². The summed E-state index contributed by atoms with van der Waals surface area (Å²) in [5.74, 6) is -0.839. The lowest BCUT2D eigenvalue weighted by molar-refractivity contribution is -0.127. The second-order valence-corrected chi connectivity index (χ2v) is 6.27. The van der Waals surface area contributed by atoms with Crippen LogP contribution in [-0.2, 0) is 9.59 Å². The number of carbonyl (C=O) groups is 3. The molecule has 0 saturated carbocycles. The molecule has 2 N–H and O–H groups in total. The first-order chi connectivity index (χ1) is 12.0. The SMILES string of the molecule is O=C(CN1C(=O)SC(=Cc2ccc(O)cc2)C1=O)Nc1ccccc1. The second kappa shape index (κ2) is 7.23. The number of nitrogens with one attached hydrogen (secondary N) is 1. The standard InChI is InChI=1S/C18H14N2O4S/c21-14-8-6-12(7-9-14)10-15-17(23)20(18(24)25-15)11-16(22)19-13-4-2-1-3-5-13/h1-10,21H,11H2,(H,19,22). The third-order valence-corrected chi connectivity index (χ3v) is 4.33. The molecule has 2 aromatic carbocycles. The van der Waals surface area contributed by atoms with Crippen molar-refractivity contribution in [2.75, 3.05) is 11.9 Å². The molecule has 6 nitrogen and oxygen atoms in total. The Hall–Kier alpha value is -3.06. The van der Waals surface area contributed by atoms with E-state index < -0.39 is 17.1 Å². The van der Waals surface area contributed by atoms with Gasteiger partial charge in [-0.3, -0.25) is 19.3 Å². The summed E-state index contributed by atoms with van der Waals surface area (Å²) in [6.45, 7) is -0.341. The first-order valence-corrected chi connectivity index (χ1v) is 8.24. The van der Waals surface area contributed by atoms with Crippen LogP contribution in [0.15, 0.2) is 59.5 Å². The number of imide groups is 1. The van der Waals surface area contributed by atoms with Crippen molar-refractivity contribution in [1.82, 2.24) is 4.90 Å². The minimum Gasteiger partial charge on any atom is -0.508 e. The number of nitrogens with zero attached hydrogens (tertiary/aromatic N) is 1. The van der Waals surface area contributed by atoms with E-state index >= 15 is 0 Å². The second-order valence-electron chi connectivity index (χ2n) is 5.27. The normalized spacial score (nSPS) is 15.7. The molecule has 1 aliphatic heterocycles. The summed E-state index contributed by atoms with van der Waals surface area (Å²) in [7, 11) is 0. The van der Waals surface area contributed by atoms with Gasteiger partial charge in [-0.05, 0) is 47.7 Å². The molecule has 2 aromatic rings. The topological polar surface area (TPSA) is 86.7 Å². The van der Waals surface area contributed by atoms with Gasteiger partial charge in [0.25, 0.3) is 11.1 Å². The Morgan fingerprint density at radius 3 is 2.44 bits per heavy atom. The van der Waals surface area contributed by atoms with E-state index in [-0.39, 0.29) is 17.2 Å². The summed E-state index contributed by atoms with van der Waals surface area (Å²) < 4.78 is 0. The Morgan fingerprint density at radius 2 is 1.76 bits per heavy atom. The molecule has 25 heavy (non-hydrogen) atoms. The number of anilines is 1. The van der Waals surface area contributed by atoms with E-state index in [1.165, 1.54) is 12.1 Å². The molecule has 1 heterocycles. The monoisotopic (exact) mass is 354 g/mol. The van der Waals surface area contributed by atoms with Gasteiger partial charge in [0, 0.05) is 5.69 Å². The molecule has 3 rings (SSSR count). The van der Waals surface area contributed by atoms with Crippen molar-refractivity contribution in [1.29, 1.82) is 0 Å². The van der Waals surface area contributed by atoms with Gasteiger partial charge in [-0.15, -0.1) is 0 Å². The number of hydrogen-bond acceptors (Lipinski definition) is 5.